The molecule has 0 radical (unpaired) electrons. The lowest BCUT2D eigenvalue weighted by molar-refractivity contribution is 0.317. The Morgan fingerprint density at radius 1 is 1.32 bits per heavy atom. The number of nitrogens with zero attached hydrogens (tertiary/aromatic N) is 2. The maximum atomic E-state index is 8.74. The van der Waals surface area contributed by atoms with E-state index < -0.39 is 0 Å². The summed E-state index contributed by atoms with van der Waals surface area (Å²) >= 11 is 1.69. The fourth-order valence-electron chi connectivity index (χ4n) is 1.78. The Balaban J connectivity index is 1.99. The third kappa shape index (κ3) is 4.18. The van der Waals surface area contributed by atoms with Crippen LogP contribution in [0.3, 0.4) is 0 Å². The van der Waals surface area contributed by atoms with E-state index in [0.29, 0.717) is 0 Å². The maximum Gasteiger partial charge on any atom is 0.104 e. The van der Waals surface area contributed by atoms with Crippen LogP contribution in [0.25, 0.3) is 0 Å². The second-order valence-electron chi connectivity index (χ2n) is 4.21. The summed E-state index contributed by atoms with van der Waals surface area (Å²) in [7, 11) is 2.07. The largest absolute Gasteiger partial charge is 0.384 e. The fraction of sp³-hybridized carbons (Fsp3) is 0.267. The maximum absolute atomic E-state index is 8.74. The molecule has 0 spiro atoms. The minimum Gasteiger partial charge on any atom is -0.384 e. The predicted octanol–water partition coefficient (Wildman–Crippen LogP) is 2.12. The van der Waals surface area contributed by atoms with Gasteiger partial charge in [0.05, 0.1) is 5.69 Å². The van der Waals surface area contributed by atoms with E-state index in [4.69, 9.17) is 5.11 Å². The van der Waals surface area contributed by atoms with Gasteiger partial charge in [0.15, 0.2) is 0 Å². The van der Waals surface area contributed by atoms with Gasteiger partial charge in [0.1, 0.15) is 6.61 Å². The lowest BCUT2D eigenvalue weighted by atomic mass is 10.2. The zero-order valence-corrected chi connectivity index (χ0v) is 11.7. The Hall–Kier alpha value is -1.67. The molecule has 0 aliphatic rings. The molecule has 2 aromatic rings. The number of aromatic nitrogens is 1. The average Bonchev–Trinajstić information content (AvgIpc) is 2.84. The predicted molar refractivity (Wildman–Crippen MR) is 77.7 cm³/mol. The normalized spacial score (nSPS) is 10.3. The first-order valence-corrected chi connectivity index (χ1v) is 6.92. The summed E-state index contributed by atoms with van der Waals surface area (Å²) in [5, 5.41) is 10.8. The van der Waals surface area contributed by atoms with Crippen molar-refractivity contribution in [3.8, 4) is 11.8 Å². The van der Waals surface area contributed by atoms with Crippen molar-refractivity contribution in [3.05, 3.63) is 52.0 Å². The van der Waals surface area contributed by atoms with Crippen molar-refractivity contribution in [2.45, 2.75) is 13.1 Å². The van der Waals surface area contributed by atoms with Crippen LogP contribution in [0.1, 0.15) is 16.1 Å². The molecule has 2 rings (SSSR count). The molecule has 2 heterocycles. The molecule has 0 bridgehead atoms. The second-order valence-corrected chi connectivity index (χ2v) is 5.21. The van der Waals surface area contributed by atoms with Gasteiger partial charge in [0.25, 0.3) is 0 Å². The molecule has 0 amide bonds. The van der Waals surface area contributed by atoms with Gasteiger partial charge < -0.3 is 5.11 Å². The Morgan fingerprint density at radius 3 is 2.95 bits per heavy atom. The van der Waals surface area contributed by atoms with Crippen molar-refractivity contribution in [1.29, 1.82) is 0 Å². The molecule has 98 valence electrons. The minimum atomic E-state index is -0.0982. The number of pyridine rings is 1. The monoisotopic (exact) mass is 272 g/mol. The fourth-order valence-corrected chi connectivity index (χ4v) is 2.69. The second kappa shape index (κ2) is 7.05. The van der Waals surface area contributed by atoms with Crippen molar-refractivity contribution in [1.82, 2.24) is 9.88 Å². The quantitative estimate of drug-likeness (QED) is 0.866. The molecule has 2 aromatic heterocycles. The van der Waals surface area contributed by atoms with E-state index in [1.165, 1.54) is 4.88 Å². The average molecular weight is 272 g/mol. The molecule has 3 nitrogen and oxygen atoms in total. The van der Waals surface area contributed by atoms with Crippen molar-refractivity contribution in [2.75, 3.05) is 13.7 Å². The first kappa shape index (κ1) is 13.8. The summed E-state index contributed by atoms with van der Waals surface area (Å²) in [5.41, 5.74) is 2.07. The lowest BCUT2D eigenvalue weighted by Crippen LogP contribution is -2.17. The van der Waals surface area contributed by atoms with Crippen molar-refractivity contribution in [2.24, 2.45) is 0 Å². The number of thiophene rings is 1. The van der Waals surface area contributed by atoms with Crippen LogP contribution in [0.4, 0.5) is 0 Å². The number of hydrogen-bond acceptors (Lipinski definition) is 4. The van der Waals surface area contributed by atoms with E-state index in [1.807, 2.05) is 35.8 Å². The van der Waals surface area contributed by atoms with Gasteiger partial charge in [-0.1, -0.05) is 17.9 Å². The summed E-state index contributed by atoms with van der Waals surface area (Å²) in [5.74, 6) is 5.68. The van der Waals surface area contributed by atoms with Crippen LogP contribution in [0, 0.1) is 11.8 Å². The van der Waals surface area contributed by atoms with Gasteiger partial charge in [-0.05, 0) is 30.6 Å². The van der Waals surface area contributed by atoms with Gasteiger partial charge in [-0.25, -0.2) is 0 Å². The number of hydrogen-bond donors (Lipinski definition) is 1. The van der Waals surface area contributed by atoms with E-state index in [0.717, 1.165) is 24.3 Å². The smallest absolute Gasteiger partial charge is 0.104 e. The summed E-state index contributed by atoms with van der Waals surface area (Å²) in [6.45, 7) is 1.55. The van der Waals surface area contributed by atoms with Crippen LogP contribution < -0.4 is 0 Å². The third-order valence-electron chi connectivity index (χ3n) is 2.62. The van der Waals surface area contributed by atoms with Gasteiger partial charge in [0.2, 0.25) is 0 Å². The van der Waals surface area contributed by atoms with Crippen molar-refractivity contribution >= 4 is 11.3 Å². The highest BCUT2D eigenvalue weighted by Gasteiger charge is 2.07. The van der Waals surface area contributed by atoms with Gasteiger partial charge >= 0.3 is 0 Å². The molecule has 0 aliphatic carbocycles. The zero-order valence-electron chi connectivity index (χ0n) is 10.8. The van der Waals surface area contributed by atoms with Crippen molar-refractivity contribution < 1.29 is 5.11 Å². The summed E-state index contributed by atoms with van der Waals surface area (Å²) in [6, 6.07) is 7.94. The Bertz CT molecular complexity index is 569. The zero-order chi connectivity index (χ0) is 13.5. The molecule has 1 N–H and O–H groups in total. The van der Waals surface area contributed by atoms with Crippen LogP contribution in [-0.2, 0) is 13.1 Å². The number of aliphatic hydroxyl groups excluding tert-OH is 1. The first-order chi connectivity index (χ1) is 9.29. The number of aliphatic hydroxyl groups is 1. The highest BCUT2D eigenvalue weighted by atomic mass is 32.1. The van der Waals surface area contributed by atoms with E-state index in [9.17, 15) is 0 Å². The molecular formula is C15H16N2OS. The molecule has 0 aliphatic heterocycles. The van der Waals surface area contributed by atoms with E-state index in [2.05, 4.69) is 28.8 Å². The molecule has 0 aromatic carbocycles. The van der Waals surface area contributed by atoms with Crippen LogP contribution in [0.15, 0.2) is 35.8 Å². The summed E-state index contributed by atoms with van der Waals surface area (Å²) < 4.78 is 0. The van der Waals surface area contributed by atoms with E-state index in [-0.39, 0.29) is 6.61 Å². The van der Waals surface area contributed by atoms with E-state index in [1.54, 1.807) is 11.3 Å². The molecule has 0 atom stereocenters. The highest BCUT2D eigenvalue weighted by Crippen LogP contribution is 2.18. The molecule has 0 fully saturated rings. The summed E-state index contributed by atoms with van der Waals surface area (Å²) in [6.07, 6.45) is 1.81. The topological polar surface area (TPSA) is 36.4 Å². The Morgan fingerprint density at radius 2 is 2.21 bits per heavy atom. The molecule has 4 heteroatoms. The van der Waals surface area contributed by atoms with Crippen LogP contribution in [0.2, 0.25) is 0 Å². The van der Waals surface area contributed by atoms with Gasteiger partial charge in [-0.15, -0.1) is 11.3 Å². The Labute approximate surface area is 117 Å². The minimum absolute atomic E-state index is 0.0982. The molecule has 0 saturated heterocycles. The third-order valence-corrected chi connectivity index (χ3v) is 3.52. The van der Waals surface area contributed by atoms with Crippen LogP contribution >= 0.6 is 11.3 Å². The van der Waals surface area contributed by atoms with Crippen LogP contribution in [0.5, 0.6) is 0 Å². The molecule has 19 heavy (non-hydrogen) atoms. The van der Waals surface area contributed by atoms with Crippen molar-refractivity contribution in [3.63, 3.8) is 0 Å². The SMILES string of the molecule is CN(Cc1ccccn1)Cc1sccc1C#CCO. The standard InChI is InChI=1S/C15H16N2OS/c1-17(11-14-6-2-3-8-16-14)12-15-13(5-4-9-18)7-10-19-15/h2-3,6-8,10,18H,9,11-12H2,1H3. The lowest BCUT2D eigenvalue weighted by Gasteiger charge is -2.15. The van der Waals surface area contributed by atoms with Crippen LogP contribution in [-0.4, -0.2) is 28.6 Å². The highest BCUT2D eigenvalue weighted by molar-refractivity contribution is 7.10. The van der Waals surface area contributed by atoms with Gasteiger partial charge in [0, 0.05) is 29.7 Å². The molecule has 0 unspecified atom stereocenters. The molecular weight excluding hydrogens is 256 g/mol. The van der Waals surface area contributed by atoms with Gasteiger partial charge in [-0.2, -0.15) is 0 Å². The Kier molecular flexibility index (Phi) is 5.10. The number of rotatable bonds is 4. The van der Waals surface area contributed by atoms with Gasteiger partial charge in [-0.3, -0.25) is 9.88 Å². The molecule has 0 saturated carbocycles. The first-order valence-electron chi connectivity index (χ1n) is 6.04. The van der Waals surface area contributed by atoms with E-state index >= 15 is 0 Å². The summed E-state index contributed by atoms with van der Waals surface area (Å²) in [4.78, 5) is 7.75.